The van der Waals surface area contributed by atoms with Gasteiger partial charge in [-0.25, -0.2) is 4.99 Å². The van der Waals surface area contributed by atoms with Crippen molar-refractivity contribution in [1.29, 1.82) is 0 Å². The van der Waals surface area contributed by atoms with Gasteiger partial charge in [-0.15, -0.1) is 24.0 Å². The standard InChI is InChI=1S/C23H36N4O2.HI/c1-2-24-23(26-20-8-10-21(28)11-9-20)25-17-22(29)27-14-12-19(13-15-27)16-18-6-4-3-5-7-18;/h3-7,19-21,28H,2,8-17H2,1H3,(H2,24,25,26);1H. The molecule has 30 heavy (non-hydrogen) atoms. The highest BCUT2D eigenvalue weighted by Gasteiger charge is 2.23. The first kappa shape index (κ1) is 24.9. The zero-order valence-electron chi connectivity index (χ0n) is 18.1. The molecule has 3 rings (SSSR count). The molecule has 2 aliphatic rings. The molecular formula is C23H37IN4O2. The molecule has 0 bridgehead atoms. The second-order valence-electron chi connectivity index (χ2n) is 8.36. The molecule has 1 aliphatic carbocycles. The Kier molecular flexibility index (Phi) is 10.9. The third kappa shape index (κ3) is 8.06. The summed E-state index contributed by atoms with van der Waals surface area (Å²) in [6.07, 6.45) is 6.59. The number of benzene rings is 1. The Balaban J connectivity index is 0.00000320. The van der Waals surface area contributed by atoms with E-state index in [1.165, 1.54) is 5.56 Å². The normalized spacial score (nSPS) is 22.9. The van der Waals surface area contributed by atoms with Crippen LogP contribution in [0.3, 0.4) is 0 Å². The van der Waals surface area contributed by atoms with E-state index in [1.807, 2.05) is 11.8 Å². The van der Waals surface area contributed by atoms with Gasteiger partial charge in [-0.1, -0.05) is 30.3 Å². The van der Waals surface area contributed by atoms with Crippen LogP contribution < -0.4 is 10.6 Å². The minimum atomic E-state index is -0.168. The first-order chi connectivity index (χ1) is 14.1. The van der Waals surface area contributed by atoms with Crippen molar-refractivity contribution in [3.63, 3.8) is 0 Å². The second-order valence-corrected chi connectivity index (χ2v) is 8.36. The minimum Gasteiger partial charge on any atom is -0.393 e. The van der Waals surface area contributed by atoms with Crippen LogP contribution in [0.5, 0.6) is 0 Å². The summed E-state index contributed by atoms with van der Waals surface area (Å²) >= 11 is 0. The van der Waals surface area contributed by atoms with Crippen molar-refractivity contribution in [3.05, 3.63) is 35.9 Å². The van der Waals surface area contributed by atoms with Crippen molar-refractivity contribution >= 4 is 35.8 Å². The van der Waals surface area contributed by atoms with Crippen LogP contribution >= 0.6 is 24.0 Å². The molecule has 7 heteroatoms. The van der Waals surface area contributed by atoms with E-state index in [9.17, 15) is 9.90 Å². The van der Waals surface area contributed by atoms with Crippen molar-refractivity contribution in [3.8, 4) is 0 Å². The topological polar surface area (TPSA) is 77.0 Å². The van der Waals surface area contributed by atoms with E-state index in [0.29, 0.717) is 17.9 Å². The van der Waals surface area contributed by atoms with Gasteiger partial charge in [0.1, 0.15) is 6.54 Å². The van der Waals surface area contributed by atoms with Crippen molar-refractivity contribution in [2.75, 3.05) is 26.2 Å². The van der Waals surface area contributed by atoms with Gasteiger partial charge in [0.15, 0.2) is 5.96 Å². The van der Waals surface area contributed by atoms with E-state index in [-0.39, 0.29) is 42.5 Å². The Bertz CT molecular complexity index is 654. The number of carbonyl (C=O) groups excluding carboxylic acids is 1. The van der Waals surface area contributed by atoms with Crippen LogP contribution in [0, 0.1) is 5.92 Å². The molecule has 1 heterocycles. The molecule has 168 valence electrons. The van der Waals surface area contributed by atoms with E-state index in [4.69, 9.17) is 0 Å². The van der Waals surface area contributed by atoms with Gasteiger partial charge in [-0.05, 0) is 63.4 Å². The quantitative estimate of drug-likeness (QED) is 0.302. The molecule has 0 aromatic heterocycles. The Labute approximate surface area is 197 Å². The average Bonchev–Trinajstić information content (AvgIpc) is 2.75. The molecule has 1 amide bonds. The van der Waals surface area contributed by atoms with Crippen molar-refractivity contribution < 1.29 is 9.90 Å². The zero-order valence-corrected chi connectivity index (χ0v) is 20.4. The summed E-state index contributed by atoms with van der Waals surface area (Å²) in [6, 6.07) is 10.9. The number of carbonyl (C=O) groups is 1. The van der Waals surface area contributed by atoms with Gasteiger partial charge in [0.25, 0.3) is 0 Å². The number of aliphatic hydroxyl groups is 1. The van der Waals surface area contributed by atoms with Crippen LogP contribution in [0.15, 0.2) is 35.3 Å². The highest BCUT2D eigenvalue weighted by molar-refractivity contribution is 14.0. The number of aliphatic imine (C=N–C) groups is 1. The number of hydrogen-bond acceptors (Lipinski definition) is 3. The first-order valence-electron chi connectivity index (χ1n) is 11.2. The first-order valence-corrected chi connectivity index (χ1v) is 11.2. The number of piperidine rings is 1. The molecule has 1 aliphatic heterocycles. The van der Waals surface area contributed by atoms with Gasteiger partial charge in [-0.3, -0.25) is 4.79 Å². The molecule has 1 aromatic carbocycles. The van der Waals surface area contributed by atoms with Crippen LogP contribution in [-0.2, 0) is 11.2 Å². The van der Waals surface area contributed by atoms with Gasteiger partial charge in [0, 0.05) is 25.7 Å². The molecule has 2 fully saturated rings. The van der Waals surface area contributed by atoms with Crippen LogP contribution in [-0.4, -0.2) is 60.2 Å². The van der Waals surface area contributed by atoms with Gasteiger partial charge in [-0.2, -0.15) is 0 Å². The van der Waals surface area contributed by atoms with Gasteiger partial charge in [0.2, 0.25) is 5.91 Å². The van der Waals surface area contributed by atoms with Crippen LogP contribution in [0.1, 0.15) is 51.0 Å². The monoisotopic (exact) mass is 528 g/mol. The molecule has 6 nitrogen and oxygen atoms in total. The maximum Gasteiger partial charge on any atom is 0.244 e. The number of hydrogen-bond donors (Lipinski definition) is 3. The Morgan fingerprint density at radius 1 is 1.10 bits per heavy atom. The fraction of sp³-hybridized carbons (Fsp3) is 0.652. The molecule has 1 saturated heterocycles. The smallest absolute Gasteiger partial charge is 0.244 e. The van der Waals surface area contributed by atoms with Crippen molar-refractivity contribution in [1.82, 2.24) is 15.5 Å². The van der Waals surface area contributed by atoms with E-state index in [2.05, 4.69) is 46.0 Å². The summed E-state index contributed by atoms with van der Waals surface area (Å²) in [6.45, 7) is 4.64. The number of nitrogens with zero attached hydrogens (tertiary/aromatic N) is 2. The predicted octanol–water partition coefficient (Wildman–Crippen LogP) is 2.94. The highest BCUT2D eigenvalue weighted by Crippen LogP contribution is 2.22. The molecule has 0 radical (unpaired) electrons. The van der Waals surface area contributed by atoms with Crippen molar-refractivity contribution in [2.45, 2.75) is 64.0 Å². The maximum atomic E-state index is 12.6. The largest absolute Gasteiger partial charge is 0.393 e. The van der Waals surface area contributed by atoms with E-state index in [1.54, 1.807) is 0 Å². The number of halogens is 1. The minimum absolute atomic E-state index is 0. The average molecular weight is 528 g/mol. The lowest BCUT2D eigenvalue weighted by molar-refractivity contribution is -0.130. The Morgan fingerprint density at radius 3 is 2.40 bits per heavy atom. The van der Waals surface area contributed by atoms with Gasteiger partial charge < -0.3 is 20.6 Å². The molecule has 1 aromatic rings. The number of nitrogens with one attached hydrogen (secondary N) is 2. The summed E-state index contributed by atoms with van der Waals surface area (Å²) in [4.78, 5) is 19.1. The third-order valence-corrected chi connectivity index (χ3v) is 6.09. The van der Waals surface area contributed by atoms with Crippen LogP contribution in [0.2, 0.25) is 0 Å². The number of rotatable bonds is 6. The highest BCUT2D eigenvalue weighted by atomic mass is 127. The molecular weight excluding hydrogens is 491 g/mol. The maximum absolute atomic E-state index is 12.6. The zero-order chi connectivity index (χ0) is 20.5. The number of aliphatic hydroxyl groups excluding tert-OH is 1. The van der Waals surface area contributed by atoms with Gasteiger partial charge >= 0.3 is 0 Å². The van der Waals surface area contributed by atoms with E-state index < -0.39 is 0 Å². The van der Waals surface area contributed by atoms with Crippen molar-refractivity contribution in [2.24, 2.45) is 10.9 Å². The van der Waals surface area contributed by atoms with E-state index in [0.717, 1.165) is 64.6 Å². The summed E-state index contributed by atoms with van der Waals surface area (Å²) < 4.78 is 0. The fourth-order valence-electron chi connectivity index (χ4n) is 4.31. The fourth-order valence-corrected chi connectivity index (χ4v) is 4.31. The van der Waals surface area contributed by atoms with E-state index >= 15 is 0 Å². The number of likely N-dealkylation sites (tertiary alicyclic amines) is 1. The lowest BCUT2D eigenvalue weighted by Crippen LogP contribution is -2.46. The molecule has 0 atom stereocenters. The third-order valence-electron chi connectivity index (χ3n) is 6.09. The predicted molar refractivity (Wildman–Crippen MR) is 132 cm³/mol. The molecule has 3 N–H and O–H groups in total. The summed E-state index contributed by atoms with van der Waals surface area (Å²) in [5.41, 5.74) is 1.39. The summed E-state index contributed by atoms with van der Waals surface area (Å²) in [5.74, 6) is 1.48. The SMILES string of the molecule is CCNC(=NCC(=O)N1CCC(Cc2ccccc2)CC1)NC1CCC(O)CC1.I. The Hall–Kier alpha value is -1.35. The number of amides is 1. The number of guanidine groups is 1. The second kappa shape index (κ2) is 13.1. The molecule has 0 spiro atoms. The van der Waals surface area contributed by atoms with Crippen LogP contribution in [0.25, 0.3) is 0 Å². The molecule has 1 saturated carbocycles. The lowest BCUT2D eigenvalue weighted by atomic mass is 9.90. The molecule has 0 unspecified atom stereocenters. The summed E-state index contributed by atoms with van der Waals surface area (Å²) in [7, 11) is 0. The van der Waals surface area contributed by atoms with Gasteiger partial charge in [0.05, 0.1) is 6.10 Å². The summed E-state index contributed by atoms with van der Waals surface area (Å²) in [5, 5.41) is 16.3. The Morgan fingerprint density at radius 2 is 1.77 bits per heavy atom. The lowest BCUT2D eigenvalue weighted by Gasteiger charge is -2.32. The van der Waals surface area contributed by atoms with Crippen LogP contribution in [0.4, 0.5) is 0 Å².